The maximum Gasteiger partial charge on any atom is 0.287 e. The molecular weight excluding hydrogens is 412 g/mol. The zero-order chi connectivity index (χ0) is 21.7. The minimum atomic E-state index is -3.73. The number of nitrogens with zero attached hydrogens (tertiary/aromatic N) is 1. The third-order valence-electron chi connectivity index (χ3n) is 4.89. The Balaban J connectivity index is 1.70. The number of piperidine rings is 1. The maximum atomic E-state index is 12.7. The fourth-order valence-corrected chi connectivity index (χ4v) is 4.75. The second-order valence-corrected chi connectivity index (χ2v) is 8.67. The summed E-state index contributed by atoms with van der Waals surface area (Å²) in [5, 5.41) is 2.49. The molecule has 0 atom stereocenters. The zero-order valence-electron chi connectivity index (χ0n) is 17.3. The Kier molecular flexibility index (Phi) is 6.88. The van der Waals surface area contributed by atoms with Crippen LogP contribution < -0.4 is 19.5 Å². The number of carbonyl (C=O) groups excluding carboxylic acids is 1. The first kappa shape index (κ1) is 22.0. The molecule has 0 unspecified atom stereocenters. The molecule has 3 rings (SSSR count). The number of sulfonamides is 1. The standard InChI is InChI=1S/C20H26N2O7S/c1-26-16-11-14(12-17(27-2)19(16)28-3)13-21-20(23)15-7-8-18(29-15)30(24,25)22-9-5-4-6-10-22/h7-8,11-12H,4-6,9-10,13H2,1-3H3,(H,21,23). The van der Waals surface area contributed by atoms with Crippen molar-refractivity contribution in [1.29, 1.82) is 0 Å². The Morgan fingerprint density at radius 1 is 1.03 bits per heavy atom. The lowest BCUT2D eigenvalue weighted by molar-refractivity contribution is 0.0917. The number of ether oxygens (including phenoxy) is 3. The van der Waals surface area contributed by atoms with Gasteiger partial charge in [-0.15, -0.1) is 0 Å². The van der Waals surface area contributed by atoms with Crippen LogP contribution in [0.4, 0.5) is 0 Å². The van der Waals surface area contributed by atoms with Crippen LogP contribution in [0, 0.1) is 0 Å². The highest BCUT2D eigenvalue weighted by Gasteiger charge is 2.29. The van der Waals surface area contributed by atoms with Gasteiger partial charge in [-0.1, -0.05) is 6.42 Å². The van der Waals surface area contributed by atoms with E-state index in [1.165, 1.54) is 37.8 Å². The maximum absolute atomic E-state index is 12.7. The molecule has 2 aromatic rings. The molecule has 1 aliphatic rings. The number of benzene rings is 1. The molecule has 0 radical (unpaired) electrons. The van der Waals surface area contributed by atoms with E-state index in [4.69, 9.17) is 18.6 Å². The van der Waals surface area contributed by atoms with Gasteiger partial charge in [-0.25, -0.2) is 8.42 Å². The van der Waals surface area contributed by atoms with Gasteiger partial charge in [0.05, 0.1) is 21.3 Å². The van der Waals surface area contributed by atoms with Crippen molar-refractivity contribution in [2.45, 2.75) is 30.9 Å². The minimum absolute atomic E-state index is 0.0713. The molecule has 1 saturated heterocycles. The van der Waals surface area contributed by atoms with Crippen LogP contribution in [-0.2, 0) is 16.6 Å². The number of hydrogen-bond acceptors (Lipinski definition) is 7. The summed E-state index contributed by atoms with van der Waals surface area (Å²) >= 11 is 0. The van der Waals surface area contributed by atoms with E-state index in [2.05, 4.69) is 5.32 Å². The first-order chi connectivity index (χ1) is 14.4. The van der Waals surface area contributed by atoms with Gasteiger partial charge in [0, 0.05) is 19.6 Å². The van der Waals surface area contributed by atoms with Gasteiger partial charge >= 0.3 is 0 Å². The number of nitrogens with one attached hydrogen (secondary N) is 1. The highest BCUT2D eigenvalue weighted by Crippen LogP contribution is 2.38. The van der Waals surface area contributed by atoms with E-state index in [0.717, 1.165) is 19.3 Å². The quantitative estimate of drug-likeness (QED) is 0.674. The topological polar surface area (TPSA) is 107 Å². The molecule has 1 aromatic heterocycles. The summed E-state index contributed by atoms with van der Waals surface area (Å²) in [6, 6.07) is 6.12. The minimum Gasteiger partial charge on any atom is -0.493 e. The predicted molar refractivity (Wildman–Crippen MR) is 109 cm³/mol. The summed E-state index contributed by atoms with van der Waals surface area (Å²) in [4.78, 5) is 12.5. The molecule has 1 N–H and O–H groups in total. The number of rotatable bonds is 8. The van der Waals surface area contributed by atoms with Gasteiger partial charge in [-0.2, -0.15) is 4.31 Å². The van der Waals surface area contributed by atoms with Crippen LogP contribution in [0.5, 0.6) is 17.2 Å². The monoisotopic (exact) mass is 438 g/mol. The Morgan fingerprint density at radius 3 is 2.23 bits per heavy atom. The fourth-order valence-electron chi connectivity index (χ4n) is 3.32. The van der Waals surface area contributed by atoms with Crippen molar-refractivity contribution >= 4 is 15.9 Å². The van der Waals surface area contributed by atoms with Crippen molar-refractivity contribution < 1.29 is 31.8 Å². The van der Waals surface area contributed by atoms with Crippen molar-refractivity contribution in [1.82, 2.24) is 9.62 Å². The second kappa shape index (κ2) is 9.40. The Bertz CT molecular complexity index is 969. The Labute approximate surface area is 175 Å². The lowest BCUT2D eigenvalue weighted by atomic mass is 10.1. The normalized spacial score (nSPS) is 14.9. The van der Waals surface area contributed by atoms with Crippen LogP contribution in [0.25, 0.3) is 0 Å². The van der Waals surface area contributed by atoms with Gasteiger partial charge in [0.25, 0.3) is 15.9 Å². The van der Waals surface area contributed by atoms with E-state index >= 15 is 0 Å². The molecule has 0 spiro atoms. The Hall–Kier alpha value is -2.72. The number of carbonyl (C=O) groups is 1. The molecule has 1 aromatic carbocycles. The van der Waals surface area contributed by atoms with Crippen molar-refractivity contribution in [3.63, 3.8) is 0 Å². The molecule has 9 nitrogen and oxygen atoms in total. The van der Waals surface area contributed by atoms with E-state index in [1.54, 1.807) is 12.1 Å². The molecule has 0 aliphatic carbocycles. The van der Waals surface area contributed by atoms with E-state index in [-0.39, 0.29) is 17.4 Å². The third-order valence-corrected chi connectivity index (χ3v) is 6.66. The summed E-state index contributed by atoms with van der Waals surface area (Å²) in [5.41, 5.74) is 0.713. The zero-order valence-corrected chi connectivity index (χ0v) is 18.1. The molecule has 1 fully saturated rings. The number of furan rings is 1. The van der Waals surface area contributed by atoms with Crippen molar-refractivity contribution in [2.75, 3.05) is 34.4 Å². The molecule has 0 saturated carbocycles. The highest BCUT2D eigenvalue weighted by molar-refractivity contribution is 7.89. The van der Waals surface area contributed by atoms with Gasteiger partial charge in [-0.05, 0) is 42.7 Å². The molecular formula is C20H26N2O7S. The van der Waals surface area contributed by atoms with E-state index < -0.39 is 15.9 Å². The summed E-state index contributed by atoms with van der Waals surface area (Å²) < 4.78 is 48.0. The van der Waals surface area contributed by atoms with Gasteiger partial charge < -0.3 is 23.9 Å². The molecule has 2 heterocycles. The fraction of sp³-hybridized carbons (Fsp3) is 0.450. The summed E-state index contributed by atoms with van der Waals surface area (Å²) in [7, 11) is 0.794. The average Bonchev–Trinajstić information content (AvgIpc) is 3.28. The lowest BCUT2D eigenvalue weighted by Crippen LogP contribution is -2.35. The summed E-state index contributed by atoms with van der Waals surface area (Å²) in [6.45, 7) is 1.09. The largest absolute Gasteiger partial charge is 0.493 e. The molecule has 164 valence electrons. The van der Waals surface area contributed by atoms with Gasteiger partial charge in [0.1, 0.15) is 0 Å². The molecule has 30 heavy (non-hydrogen) atoms. The molecule has 10 heteroatoms. The van der Waals surface area contributed by atoms with Crippen LogP contribution in [0.3, 0.4) is 0 Å². The van der Waals surface area contributed by atoms with Crippen LogP contribution in [0.15, 0.2) is 33.8 Å². The highest BCUT2D eigenvalue weighted by atomic mass is 32.2. The van der Waals surface area contributed by atoms with Crippen LogP contribution in [0.2, 0.25) is 0 Å². The summed E-state index contributed by atoms with van der Waals surface area (Å²) in [5.74, 6) is 0.790. The first-order valence-electron chi connectivity index (χ1n) is 9.57. The van der Waals surface area contributed by atoms with Crippen LogP contribution in [-0.4, -0.2) is 53.0 Å². The van der Waals surface area contributed by atoms with Crippen molar-refractivity contribution in [2.24, 2.45) is 0 Å². The molecule has 0 bridgehead atoms. The first-order valence-corrected chi connectivity index (χ1v) is 11.0. The predicted octanol–water partition coefficient (Wildman–Crippen LogP) is 2.41. The molecule has 1 aliphatic heterocycles. The number of hydrogen-bond donors (Lipinski definition) is 1. The number of methoxy groups -OCH3 is 3. The van der Waals surface area contributed by atoms with Crippen molar-refractivity contribution in [3.8, 4) is 17.2 Å². The smallest absolute Gasteiger partial charge is 0.287 e. The third kappa shape index (κ3) is 4.54. The van der Waals surface area contributed by atoms with E-state index in [1.807, 2.05) is 0 Å². The van der Waals surface area contributed by atoms with Crippen molar-refractivity contribution in [3.05, 3.63) is 35.6 Å². The van der Waals surface area contributed by atoms with Crippen LogP contribution in [0.1, 0.15) is 35.4 Å². The SMILES string of the molecule is COc1cc(CNC(=O)c2ccc(S(=O)(=O)N3CCCCC3)o2)cc(OC)c1OC. The lowest BCUT2D eigenvalue weighted by Gasteiger charge is -2.24. The van der Waals surface area contributed by atoms with E-state index in [9.17, 15) is 13.2 Å². The second-order valence-electron chi connectivity index (χ2n) is 6.80. The molecule has 1 amide bonds. The van der Waals surface area contributed by atoms with Crippen LogP contribution >= 0.6 is 0 Å². The van der Waals surface area contributed by atoms with Gasteiger partial charge in [-0.3, -0.25) is 4.79 Å². The van der Waals surface area contributed by atoms with Gasteiger partial charge in [0.2, 0.25) is 10.8 Å². The average molecular weight is 439 g/mol. The summed E-state index contributed by atoms with van der Waals surface area (Å²) in [6.07, 6.45) is 2.66. The Morgan fingerprint density at radius 2 is 1.67 bits per heavy atom. The number of amides is 1. The van der Waals surface area contributed by atoms with Gasteiger partial charge in [0.15, 0.2) is 17.3 Å². The van der Waals surface area contributed by atoms with E-state index in [0.29, 0.717) is 35.9 Å².